The Bertz CT molecular complexity index is 794. The van der Waals surface area contributed by atoms with Gasteiger partial charge in [-0.25, -0.2) is 4.98 Å². The van der Waals surface area contributed by atoms with Crippen LogP contribution in [0.15, 0.2) is 54.9 Å². The second-order valence-electron chi connectivity index (χ2n) is 5.23. The monoisotopic (exact) mass is 295 g/mol. The average Bonchev–Trinajstić information content (AvgIpc) is 2.96. The Morgan fingerprint density at radius 1 is 1.32 bits per heavy atom. The predicted octanol–water partition coefficient (Wildman–Crippen LogP) is 2.11. The van der Waals surface area contributed by atoms with Crippen LogP contribution in [0.5, 0.6) is 0 Å². The summed E-state index contributed by atoms with van der Waals surface area (Å²) in [5, 5.41) is 11.9. The van der Waals surface area contributed by atoms with Gasteiger partial charge in [0.25, 0.3) is 5.91 Å². The summed E-state index contributed by atoms with van der Waals surface area (Å²) in [6, 6.07) is 13.4. The summed E-state index contributed by atoms with van der Waals surface area (Å²) in [6.07, 6.45) is 3.18. The van der Waals surface area contributed by atoms with E-state index in [1.807, 2.05) is 47.1 Å². The Labute approximate surface area is 128 Å². The van der Waals surface area contributed by atoms with Crippen molar-refractivity contribution >= 4 is 11.6 Å². The number of hydrogen-bond donors (Lipinski definition) is 2. The molecule has 0 radical (unpaired) electrons. The zero-order valence-electron chi connectivity index (χ0n) is 12.2. The first-order chi connectivity index (χ1) is 10.6. The number of hydrogen-bond acceptors (Lipinski definition) is 3. The van der Waals surface area contributed by atoms with Crippen molar-refractivity contribution in [3.8, 4) is 11.3 Å². The lowest BCUT2D eigenvalue weighted by Crippen LogP contribution is -2.30. The molecule has 0 saturated carbocycles. The largest absolute Gasteiger partial charge is 0.392 e. The molecule has 5 heteroatoms. The van der Waals surface area contributed by atoms with Crippen LogP contribution < -0.4 is 5.32 Å². The fourth-order valence-corrected chi connectivity index (χ4v) is 2.21. The number of amides is 1. The van der Waals surface area contributed by atoms with E-state index in [4.69, 9.17) is 0 Å². The zero-order chi connectivity index (χ0) is 15.5. The lowest BCUT2D eigenvalue weighted by molar-refractivity contribution is 0.0924. The number of benzene rings is 1. The first-order valence-corrected chi connectivity index (χ1v) is 7.14. The molecule has 0 fully saturated rings. The molecule has 22 heavy (non-hydrogen) atoms. The molecule has 0 saturated heterocycles. The summed E-state index contributed by atoms with van der Waals surface area (Å²) >= 11 is 0. The number of imidazole rings is 1. The number of carbonyl (C=O) groups is 1. The summed E-state index contributed by atoms with van der Waals surface area (Å²) in [6.45, 7) is 1.86. The molecule has 1 aromatic carbocycles. The second-order valence-corrected chi connectivity index (χ2v) is 5.23. The third-order valence-electron chi connectivity index (χ3n) is 3.35. The van der Waals surface area contributed by atoms with Gasteiger partial charge in [-0.15, -0.1) is 0 Å². The van der Waals surface area contributed by atoms with Gasteiger partial charge in [-0.05, 0) is 19.1 Å². The predicted molar refractivity (Wildman–Crippen MR) is 84.6 cm³/mol. The van der Waals surface area contributed by atoms with E-state index >= 15 is 0 Å². The summed E-state index contributed by atoms with van der Waals surface area (Å²) in [7, 11) is 0. The molecule has 0 spiro atoms. The third kappa shape index (κ3) is 2.99. The normalized spacial score (nSPS) is 12.3. The van der Waals surface area contributed by atoms with E-state index in [0.29, 0.717) is 11.2 Å². The van der Waals surface area contributed by atoms with Crippen LogP contribution >= 0.6 is 0 Å². The summed E-state index contributed by atoms with van der Waals surface area (Å²) < 4.78 is 1.88. The van der Waals surface area contributed by atoms with E-state index in [-0.39, 0.29) is 12.5 Å². The van der Waals surface area contributed by atoms with Crippen molar-refractivity contribution in [2.24, 2.45) is 0 Å². The van der Waals surface area contributed by atoms with Gasteiger partial charge in [-0.3, -0.25) is 4.79 Å². The number of aromatic nitrogens is 2. The van der Waals surface area contributed by atoms with Crippen LogP contribution in [0.2, 0.25) is 0 Å². The van der Waals surface area contributed by atoms with Gasteiger partial charge < -0.3 is 14.8 Å². The van der Waals surface area contributed by atoms with Crippen LogP contribution in [-0.4, -0.2) is 33.0 Å². The number of aliphatic hydroxyl groups excluding tert-OH is 1. The average molecular weight is 295 g/mol. The first kappa shape index (κ1) is 14.3. The number of nitrogens with one attached hydrogen (secondary N) is 1. The Morgan fingerprint density at radius 2 is 2.09 bits per heavy atom. The molecule has 0 aliphatic rings. The number of carbonyl (C=O) groups excluding carboxylic acids is 1. The van der Waals surface area contributed by atoms with Crippen LogP contribution in [0.1, 0.15) is 17.3 Å². The molecule has 0 bridgehead atoms. The van der Waals surface area contributed by atoms with Crippen LogP contribution in [0.4, 0.5) is 0 Å². The minimum Gasteiger partial charge on any atom is -0.392 e. The van der Waals surface area contributed by atoms with Gasteiger partial charge in [0.15, 0.2) is 0 Å². The Hall–Kier alpha value is -2.66. The Morgan fingerprint density at radius 3 is 2.82 bits per heavy atom. The molecular weight excluding hydrogens is 278 g/mol. The molecular formula is C17H17N3O2. The van der Waals surface area contributed by atoms with Crippen molar-refractivity contribution in [1.29, 1.82) is 0 Å². The fourth-order valence-electron chi connectivity index (χ4n) is 2.21. The molecule has 1 unspecified atom stereocenters. The minimum absolute atomic E-state index is 0.215. The smallest absolute Gasteiger partial charge is 0.251 e. The molecule has 3 aromatic rings. The van der Waals surface area contributed by atoms with Gasteiger partial charge in [0.05, 0.1) is 11.8 Å². The van der Waals surface area contributed by atoms with Crippen LogP contribution in [0.3, 0.4) is 0 Å². The quantitative estimate of drug-likeness (QED) is 0.774. The highest BCUT2D eigenvalue weighted by atomic mass is 16.3. The molecule has 3 rings (SSSR count). The highest BCUT2D eigenvalue weighted by molar-refractivity contribution is 5.95. The number of pyridine rings is 1. The van der Waals surface area contributed by atoms with E-state index in [1.165, 1.54) is 0 Å². The van der Waals surface area contributed by atoms with Gasteiger partial charge in [0.2, 0.25) is 0 Å². The topological polar surface area (TPSA) is 66.6 Å². The molecule has 2 heterocycles. The fraction of sp³-hybridized carbons (Fsp3) is 0.176. The summed E-state index contributed by atoms with van der Waals surface area (Å²) in [5.41, 5.74) is 3.13. The molecule has 0 aliphatic carbocycles. The van der Waals surface area contributed by atoms with Crippen molar-refractivity contribution in [3.63, 3.8) is 0 Å². The van der Waals surface area contributed by atoms with E-state index < -0.39 is 6.10 Å². The zero-order valence-corrected chi connectivity index (χ0v) is 12.2. The van der Waals surface area contributed by atoms with Crippen LogP contribution in [-0.2, 0) is 0 Å². The van der Waals surface area contributed by atoms with E-state index in [1.54, 1.807) is 19.1 Å². The lowest BCUT2D eigenvalue weighted by atomic mass is 10.2. The maximum atomic E-state index is 12.0. The lowest BCUT2D eigenvalue weighted by Gasteiger charge is -2.07. The number of rotatable bonds is 4. The minimum atomic E-state index is -0.566. The molecule has 2 aromatic heterocycles. The van der Waals surface area contributed by atoms with E-state index in [2.05, 4.69) is 10.3 Å². The molecule has 1 atom stereocenters. The maximum Gasteiger partial charge on any atom is 0.251 e. The number of nitrogens with zero attached hydrogens (tertiary/aromatic N) is 2. The van der Waals surface area contributed by atoms with Crippen LogP contribution in [0.25, 0.3) is 16.9 Å². The Kier molecular flexibility index (Phi) is 3.89. The van der Waals surface area contributed by atoms with Crippen molar-refractivity contribution < 1.29 is 9.90 Å². The van der Waals surface area contributed by atoms with Gasteiger partial charge in [0.1, 0.15) is 5.65 Å². The SMILES string of the molecule is CC(O)CNC(=O)c1ccn2cc(-c3ccccc3)nc2c1. The van der Waals surface area contributed by atoms with Gasteiger partial charge in [-0.1, -0.05) is 30.3 Å². The van der Waals surface area contributed by atoms with E-state index in [9.17, 15) is 9.90 Å². The van der Waals surface area contributed by atoms with Crippen molar-refractivity contribution in [2.75, 3.05) is 6.54 Å². The number of fused-ring (bicyclic) bond motifs is 1. The summed E-state index contributed by atoms with van der Waals surface area (Å²) in [5.74, 6) is -0.215. The molecule has 5 nitrogen and oxygen atoms in total. The van der Waals surface area contributed by atoms with Crippen molar-refractivity contribution in [2.45, 2.75) is 13.0 Å². The van der Waals surface area contributed by atoms with E-state index in [0.717, 1.165) is 11.3 Å². The molecule has 0 aliphatic heterocycles. The number of aliphatic hydroxyl groups is 1. The molecule has 1 amide bonds. The van der Waals surface area contributed by atoms with Crippen molar-refractivity contribution in [3.05, 3.63) is 60.4 Å². The second kappa shape index (κ2) is 5.99. The highest BCUT2D eigenvalue weighted by Crippen LogP contribution is 2.19. The Balaban J connectivity index is 1.89. The standard InChI is InChI=1S/C17H17N3O2/c1-12(21)10-18-17(22)14-7-8-20-11-15(19-16(20)9-14)13-5-3-2-4-6-13/h2-9,11-12,21H,10H2,1H3,(H,18,22). The molecule has 112 valence electrons. The van der Waals surface area contributed by atoms with Gasteiger partial charge in [0, 0.05) is 30.1 Å². The van der Waals surface area contributed by atoms with Gasteiger partial charge in [-0.2, -0.15) is 0 Å². The maximum absolute atomic E-state index is 12.0. The highest BCUT2D eigenvalue weighted by Gasteiger charge is 2.09. The summed E-state index contributed by atoms with van der Waals surface area (Å²) in [4.78, 5) is 16.6. The van der Waals surface area contributed by atoms with Crippen molar-refractivity contribution in [1.82, 2.24) is 14.7 Å². The first-order valence-electron chi connectivity index (χ1n) is 7.14. The van der Waals surface area contributed by atoms with Crippen LogP contribution in [0, 0.1) is 0 Å². The third-order valence-corrected chi connectivity index (χ3v) is 3.35. The molecule has 2 N–H and O–H groups in total. The van der Waals surface area contributed by atoms with Gasteiger partial charge >= 0.3 is 0 Å².